The van der Waals surface area contributed by atoms with Gasteiger partial charge in [-0.1, -0.05) is 0 Å². The number of hydrogen-bond acceptors (Lipinski definition) is 5. The van der Waals surface area contributed by atoms with Gasteiger partial charge in [0.05, 0.1) is 25.1 Å². The maximum Gasteiger partial charge on any atom is 0.449 e. The van der Waals surface area contributed by atoms with Crippen LogP contribution in [-0.4, -0.2) is 29.2 Å². The molecule has 0 unspecified atom stereocenters. The number of benzene rings is 1. The molecule has 0 amide bonds. The quantitative estimate of drug-likeness (QED) is 0.733. The highest BCUT2D eigenvalue weighted by atomic mass is 19.4. The van der Waals surface area contributed by atoms with Crippen LogP contribution in [0.1, 0.15) is 5.82 Å². The van der Waals surface area contributed by atoms with Gasteiger partial charge < -0.3 is 14.5 Å². The summed E-state index contributed by atoms with van der Waals surface area (Å²) >= 11 is 0. The zero-order chi connectivity index (χ0) is 16.8. The minimum absolute atomic E-state index is 0.0438. The highest BCUT2D eigenvalue weighted by Crippen LogP contribution is 2.32. The van der Waals surface area contributed by atoms with E-state index < -0.39 is 17.6 Å². The molecule has 2 heterocycles. The summed E-state index contributed by atoms with van der Waals surface area (Å²) in [6.07, 6.45) is -4.76. The first-order valence-corrected chi connectivity index (χ1v) is 6.37. The summed E-state index contributed by atoms with van der Waals surface area (Å²) in [7, 11) is 2.87. The third kappa shape index (κ3) is 2.54. The van der Waals surface area contributed by atoms with Gasteiger partial charge in [0.25, 0.3) is 5.56 Å². The number of H-pyrrole nitrogens is 1. The standard InChI is InChI=1S/C14H10F3N3O3/c1-22-9-4-6-3-7-11(18-8(6)5-10(9)23-2)19-13(14(15,16)17)20-12(7)21/h3-5H,1-2H3,(H,18,19,20,21). The van der Waals surface area contributed by atoms with E-state index in [0.29, 0.717) is 22.4 Å². The number of nitrogens with zero attached hydrogens (tertiary/aromatic N) is 2. The Hall–Kier alpha value is -2.84. The first kappa shape index (κ1) is 15.1. The second-order valence-corrected chi connectivity index (χ2v) is 4.67. The van der Waals surface area contributed by atoms with Crippen LogP contribution in [0.4, 0.5) is 13.2 Å². The number of halogens is 3. The Morgan fingerprint density at radius 2 is 1.70 bits per heavy atom. The number of hydrogen-bond donors (Lipinski definition) is 1. The van der Waals surface area contributed by atoms with Gasteiger partial charge in [-0.2, -0.15) is 13.2 Å². The Kier molecular flexibility index (Phi) is 3.35. The molecule has 0 spiro atoms. The van der Waals surface area contributed by atoms with Gasteiger partial charge in [0.1, 0.15) is 0 Å². The van der Waals surface area contributed by atoms with E-state index in [2.05, 4.69) is 9.97 Å². The Balaban J connectivity index is 2.35. The molecule has 23 heavy (non-hydrogen) atoms. The van der Waals surface area contributed by atoms with Crippen molar-refractivity contribution in [2.45, 2.75) is 6.18 Å². The number of nitrogens with one attached hydrogen (secondary N) is 1. The van der Waals surface area contributed by atoms with Crippen molar-refractivity contribution in [1.29, 1.82) is 0 Å². The summed E-state index contributed by atoms with van der Waals surface area (Å²) in [6, 6.07) is 4.49. The van der Waals surface area contributed by atoms with Crippen molar-refractivity contribution in [3.63, 3.8) is 0 Å². The average Bonchev–Trinajstić information content (AvgIpc) is 2.51. The van der Waals surface area contributed by atoms with Crippen molar-refractivity contribution in [2.75, 3.05) is 14.2 Å². The van der Waals surface area contributed by atoms with Gasteiger partial charge in [0.15, 0.2) is 17.1 Å². The van der Waals surface area contributed by atoms with Crippen LogP contribution in [0.3, 0.4) is 0 Å². The van der Waals surface area contributed by atoms with E-state index in [1.54, 1.807) is 11.1 Å². The molecule has 3 rings (SSSR count). The molecule has 120 valence electrons. The van der Waals surface area contributed by atoms with Crippen molar-refractivity contribution in [2.24, 2.45) is 0 Å². The number of aromatic nitrogens is 3. The predicted octanol–water partition coefficient (Wildman–Crippen LogP) is 2.51. The number of ether oxygens (including phenoxy) is 2. The summed E-state index contributed by atoms with van der Waals surface area (Å²) in [5.41, 5.74) is -0.867. The molecule has 1 N–H and O–H groups in total. The van der Waals surface area contributed by atoms with Gasteiger partial charge in [-0.05, 0) is 12.1 Å². The lowest BCUT2D eigenvalue weighted by atomic mass is 10.1. The van der Waals surface area contributed by atoms with Crippen molar-refractivity contribution in [3.05, 3.63) is 34.4 Å². The van der Waals surface area contributed by atoms with Crippen LogP contribution in [0.25, 0.3) is 21.9 Å². The van der Waals surface area contributed by atoms with Crippen LogP contribution in [0.2, 0.25) is 0 Å². The zero-order valence-corrected chi connectivity index (χ0v) is 12.0. The molecule has 6 nitrogen and oxygen atoms in total. The van der Waals surface area contributed by atoms with E-state index in [1.807, 2.05) is 0 Å². The fourth-order valence-corrected chi connectivity index (χ4v) is 2.19. The molecular formula is C14H10F3N3O3. The van der Waals surface area contributed by atoms with Crippen molar-refractivity contribution in [3.8, 4) is 11.5 Å². The van der Waals surface area contributed by atoms with E-state index in [-0.39, 0.29) is 11.0 Å². The molecule has 3 aromatic rings. The fraction of sp³-hybridized carbons (Fsp3) is 0.214. The number of aromatic amines is 1. The second-order valence-electron chi connectivity index (χ2n) is 4.67. The molecule has 2 aromatic heterocycles. The van der Waals surface area contributed by atoms with Crippen molar-refractivity contribution < 1.29 is 22.6 Å². The lowest BCUT2D eigenvalue weighted by molar-refractivity contribution is -0.144. The molecule has 0 aliphatic rings. The predicted molar refractivity (Wildman–Crippen MR) is 75.8 cm³/mol. The molecule has 0 saturated carbocycles. The van der Waals surface area contributed by atoms with Crippen LogP contribution in [0.15, 0.2) is 23.0 Å². The van der Waals surface area contributed by atoms with Gasteiger partial charge in [0, 0.05) is 11.5 Å². The summed E-state index contributed by atoms with van der Waals surface area (Å²) in [4.78, 5) is 21.0. The van der Waals surface area contributed by atoms with Gasteiger partial charge >= 0.3 is 6.18 Å². The maximum absolute atomic E-state index is 12.7. The molecular weight excluding hydrogens is 315 g/mol. The molecule has 9 heteroatoms. The van der Waals surface area contributed by atoms with Crippen LogP contribution in [0.5, 0.6) is 11.5 Å². The summed E-state index contributed by atoms with van der Waals surface area (Å²) in [5, 5.41) is 0.472. The molecule has 0 radical (unpaired) electrons. The number of pyridine rings is 1. The SMILES string of the molecule is COc1cc2cc3c(=O)[nH]c(C(F)(F)F)nc3nc2cc1OC. The second kappa shape index (κ2) is 5.11. The topological polar surface area (TPSA) is 77.1 Å². The highest BCUT2D eigenvalue weighted by Gasteiger charge is 2.34. The average molecular weight is 325 g/mol. The van der Waals surface area contributed by atoms with Gasteiger partial charge in [-0.3, -0.25) is 4.79 Å². The van der Waals surface area contributed by atoms with Gasteiger partial charge in [0.2, 0.25) is 5.82 Å². The normalized spacial score (nSPS) is 11.9. The lowest BCUT2D eigenvalue weighted by Gasteiger charge is -2.10. The third-order valence-electron chi connectivity index (χ3n) is 3.26. The number of alkyl halides is 3. The third-order valence-corrected chi connectivity index (χ3v) is 3.26. The van der Waals surface area contributed by atoms with Crippen molar-refractivity contribution >= 4 is 21.9 Å². The Labute approximate surface area is 126 Å². The first-order valence-electron chi connectivity index (χ1n) is 6.37. The van der Waals surface area contributed by atoms with E-state index in [1.165, 1.54) is 26.4 Å². The van der Waals surface area contributed by atoms with E-state index >= 15 is 0 Å². The lowest BCUT2D eigenvalue weighted by Crippen LogP contribution is -2.19. The molecule has 1 aromatic carbocycles. The smallest absolute Gasteiger partial charge is 0.449 e. The molecule has 0 atom stereocenters. The monoisotopic (exact) mass is 325 g/mol. The number of rotatable bonds is 2. The molecule has 0 fully saturated rings. The van der Waals surface area contributed by atoms with Crippen LogP contribution < -0.4 is 15.0 Å². The van der Waals surface area contributed by atoms with Crippen LogP contribution in [0, 0.1) is 0 Å². The zero-order valence-electron chi connectivity index (χ0n) is 12.0. The van der Waals surface area contributed by atoms with Gasteiger partial charge in [-0.25, -0.2) is 9.97 Å². The number of fused-ring (bicyclic) bond motifs is 2. The molecule has 0 aliphatic carbocycles. The van der Waals surface area contributed by atoms with E-state index in [4.69, 9.17) is 9.47 Å². The summed E-state index contributed by atoms with van der Waals surface area (Å²) in [6.45, 7) is 0. The molecule has 0 bridgehead atoms. The summed E-state index contributed by atoms with van der Waals surface area (Å²) < 4.78 is 48.5. The first-order chi connectivity index (χ1) is 10.8. The largest absolute Gasteiger partial charge is 0.493 e. The van der Waals surface area contributed by atoms with Crippen LogP contribution in [-0.2, 0) is 6.18 Å². The van der Waals surface area contributed by atoms with E-state index in [0.717, 1.165) is 0 Å². The number of methoxy groups -OCH3 is 2. The minimum atomic E-state index is -4.76. The summed E-state index contributed by atoms with van der Waals surface area (Å²) in [5.74, 6) is -0.604. The van der Waals surface area contributed by atoms with Crippen LogP contribution >= 0.6 is 0 Å². The highest BCUT2D eigenvalue weighted by molar-refractivity contribution is 5.92. The Bertz CT molecular complexity index is 967. The Morgan fingerprint density at radius 1 is 1.04 bits per heavy atom. The molecule has 0 saturated heterocycles. The molecule has 0 aliphatic heterocycles. The Morgan fingerprint density at radius 3 is 2.30 bits per heavy atom. The van der Waals surface area contributed by atoms with Gasteiger partial charge in [-0.15, -0.1) is 0 Å². The maximum atomic E-state index is 12.7. The minimum Gasteiger partial charge on any atom is -0.493 e. The van der Waals surface area contributed by atoms with Crippen molar-refractivity contribution in [1.82, 2.24) is 15.0 Å². The fourth-order valence-electron chi connectivity index (χ4n) is 2.19. The van der Waals surface area contributed by atoms with E-state index in [9.17, 15) is 18.0 Å².